The summed E-state index contributed by atoms with van der Waals surface area (Å²) in [6.07, 6.45) is 0.991. The molecule has 0 aromatic carbocycles. The molecular weight excluding hydrogens is 140 g/mol. The molecule has 0 aromatic rings. The second-order valence-corrected chi connectivity index (χ2v) is 3.51. The fourth-order valence-electron chi connectivity index (χ4n) is 0.684. The van der Waals surface area contributed by atoms with E-state index in [0.29, 0.717) is 0 Å². The molecule has 0 aromatic heterocycles. The molecule has 0 saturated carbocycles. The second-order valence-electron chi connectivity index (χ2n) is 3.51. The maximum atomic E-state index is 5.50. The van der Waals surface area contributed by atoms with E-state index in [-0.39, 0.29) is 5.60 Å². The molecule has 0 amide bonds. The average Bonchev–Trinajstić information content (AvgIpc) is 1.85. The van der Waals surface area contributed by atoms with Crippen molar-refractivity contribution >= 4 is 0 Å². The van der Waals surface area contributed by atoms with Gasteiger partial charge < -0.3 is 9.47 Å². The van der Waals surface area contributed by atoms with E-state index in [2.05, 4.69) is 20.8 Å². The van der Waals surface area contributed by atoms with Crippen molar-refractivity contribution in [3.8, 4) is 0 Å². The van der Waals surface area contributed by atoms with E-state index in [4.69, 9.17) is 9.47 Å². The lowest BCUT2D eigenvalue weighted by Crippen LogP contribution is -2.20. The predicted octanol–water partition coefficient (Wildman–Crippen LogP) is 2.23. The summed E-state index contributed by atoms with van der Waals surface area (Å²) in [6, 6.07) is 0. The van der Waals surface area contributed by atoms with E-state index in [9.17, 15) is 0 Å². The van der Waals surface area contributed by atoms with Gasteiger partial charge in [0.05, 0.1) is 5.60 Å². The predicted molar refractivity (Wildman–Crippen MR) is 46.8 cm³/mol. The summed E-state index contributed by atoms with van der Waals surface area (Å²) in [5.74, 6) is 0. The van der Waals surface area contributed by atoms with Gasteiger partial charge in [-0.2, -0.15) is 0 Å². The van der Waals surface area contributed by atoms with Gasteiger partial charge in [0.1, 0.15) is 0 Å². The van der Waals surface area contributed by atoms with Crippen LogP contribution in [-0.4, -0.2) is 25.4 Å². The van der Waals surface area contributed by atoms with Crippen molar-refractivity contribution < 1.29 is 9.47 Å². The first-order valence-corrected chi connectivity index (χ1v) is 4.28. The van der Waals surface area contributed by atoms with Crippen molar-refractivity contribution in [2.75, 3.05) is 19.8 Å². The van der Waals surface area contributed by atoms with Crippen molar-refractivity contribution in [3.63, 3.8) is 0 Å². The lowest BCUT2D eigenvalue weighted by molar-refractivity contribution is -0.0132. The minimum Gasteiger partial charge on any atom is -0.382 e. The van der Waals surface area contributed by atoms with Crippen LogP contribution in [0.3, 0.4) is 0 Å². The molecule has 2 nitrogen and oxygen atoms in total. The third-order valence-corrected chi connectivity index (χ3v) is 1.17. The minimum atomic E-state index is -0.00772. The number of hydrogen-bond donors (Lipinski definition) is 0. The Morgan fingerprint density at radius 2 is 1.73 bits per heavy atom. The zero-order valence-corrected chi connectivity index (χ0v) is 8.14. The van der Waals surface area contributed by atoms with Crippen LogP contribution in [-0.2, 0) is 9.47 Å². The summed E-state index contributed by atoms with van der Waals surface area (Å²) in [4.78, 5) is 0. The Bertz CT molecular complexity index is 84.1. The molecule has 0 unspecified atom stereocenters. The Hall–Kier alpha value is -0.0800. The smallest absolute Gasteiger partial charge is 0.0598 e. The monoisotopic (exact) mass is 160 g/mol. The van der Waals surface area contributed by atoms with E-state index in [1.807, 2.05) is 6.92 Å². The van der Waals surface area contributed by atoms with Crippen LogP contribution in [0.5, 0.6) is 0 Å². The number of rotatable bonds is 5. The van der Waals surface area contributed by atoms with Gasteiger partial charge in [0.25, 0.3) is 0 Å². The summed E-state index contributed by atoms with van der Waals surface area (Å²) < 4.78 is 10.7. The summed E-state index contributed by atoms with van der Waals surface area (Å²) in [7, 11) is 0. The molecule has 0 radical (unpaired) electrons. The quantitative estimate of drug-likeness (QED) is 0.574. The van der Waals surface area contributed by atoms with E-state index < -0.39 is 0 Å². The van der Waals surface area contributed by atoms with Gasteiger partial charge in [-0.15, -0.1) is 0 Å². The van der Waals surface area contributed by atoms with Gasteiger partial charge in [0, 0.05) is 19.8 Å². The molecule has 0 N–H and O–H groups in total. The largest absolute Gasteiger partial charge is 0.382 e. The lowest BCUT2D eigenvalue weighted by atomic mass is 10.2. The van der Waals surface area contributed by atoms with Crippen LogP contribution in [0.2, 0.25) is 0 Å². The highest BCUT2D eigenvalue weighted by Gasteiger charge is 2.08. The van der Waals surface area contributed by atoms with Crippen LogP contribution in [0.4, 0.5) is 0 Å². The van der Waals surface area contributed by atoms with Gasteiger partial charge in [-0.1, -0.05) is 0 Å². The normalized spacial score (nSPS) is 12.0. The molecule has 0 saturated heterocycles. The van der Waals surface area contributed by atoms with Gasteiger partial charge in [0.2, 0.25) is 0 Å². The molecule has 0 aliphatic heterocycles. The molecule has 0 rings (SSSR count). The molecular formula is C9H20O2. The molecule has 2 heteroatoms. The van der Waals surface area contributed by atoms with E-state index in [1.54, 1.807) is 0 Å². The first-order valence-electron chi connectivity index (χ1n) is 4.28. The Labute approximate surface area is 69.9 Å². The van der Waals surface area contributed by atoms with Crippen LogP contribution >= 0.6 is 0 Å². The third-order valence-electron chi connectivity index (χ3n) is 1.17. The summed E-state index contributed by atoms with van der Waals surface area (Å²) >= 11 is 0. The van der Waals surface area contributed by atoms with Crippen molar-refractivity contribution in [3.05, 3.63) is 0 Å². The maximum Gasteiger partial charge on any atom is 0.0598 e. The molecule has 11 heavy (non-hydrogen) atoms. The Balaban J connectivity index is 3.02. The van der Waals surface area contributed by atoms with Gasteiger partial charge in [-0.3, -0.25) is 0 Å². The van der Waals surface area contributed by atoms with Crippen molar-refractivity contribution in [1.82, 2.24) is 0 Å². The Kier molecular flexibility index (Phi) is 5.51. The van der Waals surface area contributed by atoms with E-state index >= 15 is 0 Å². The van der Waals surface area contributed by atoms with Gasteiger partial charge in [0.15, 0.2) is 0 Å². The zero-order chi connectivity index (χ0) is 8.74. The second kappa shape index (κ2) is 5.56. The van der Waals surface area contributed by atoms with Crippen LogP contribution in [0, 0.1) is 0 Å². The molecule has 0 atom stereocenters. The van der Waals surface area contributed by atoms with Crippen molar-refractivity contribution in [2.24, 2.45) is 0 Å². The van der Waals surface area contributed by atoms with Gasteiger partial charge >= 0.3 is 0 Å². The van der Waals surface area contributed by atoms with Crippen molar-refractivity contribution in [2.45, 2.75) is 39.7 Å². The Morgan fingerprint density at radius 3 is 2.18 bits per heavy atom. The summed E-state index contributed by atoms with van der Waals surface area (Å²) in [5, 5.41) is 0. The Morgan fingerprint density at radius 1 is 1.09 bits per heavy atom. The SMILES string of the molecule is CCOCCCOC(C)(C)C. The fourth-order valence-corrected chi connectivity index (χ4v) is 0.684. The standard InChI is InChI=1S/C9H20O2/c1-5-10-7-6-8-11-9(2,3)4/h5-8H2,1-4H3. The van der Waals surface area contributed by atoms with Crippen LogP contribution < -0.4 is 0 Å². The van der Waals surface area contributed by atoms with Crippen LogP contribution in [0.25, 0.3) is 0 Å². The first kappa shape index (κ1) is 10.9. The maximum absolute atomic E-state index is 5.50. The molecule has 68 valence electrons. The third kappa shape index (κ3) is 9.92. The fraction of sp³-hybridized carbons (Fsp3) is 1.00. The molecule has 0 heterocycles. The molecule has 0 aliphatic rings. The highest BCUT2D eigenvalue weighted by atomic mass is 16.5. The molecule has 0 aliphatic carbocycles. The van der Waals surface area contributed by atoms with Crippen LogP contribution in [0.15, 0.2) is 0 Å². The van der Waals surface area contributed by atoms with Gasteiger partial charge in [-0.05, 0) is 34.1 Å². The lowest BCUT2D eigenvalue weighted by Gasteiger charge is -2.19. The van der Waals surface area contributed by atoms with Gasteiger partial charge in [-0.25, -0.2) is 0 Å². The summed E-state index contributed by atoms with van der Waals surface area (Å²) in [6.45, 7) is 10.6. The molecule has 0 spiro atoms. The van der Waals surface area contributed by atoms with Crippen LogP contribution in [0.1, 0.15) is 34.1 Å². The average molecular weight is 160 g/mol. The minimum absolute atomic E-state index is 0.00772. The number of hydrogen-bond acceptors (Lipinski definition) is 2. The number of ether oxygens (including phenoxy) is 2. The van der Waals surface area contributed by atoms with Crippen molar-refractivity contribution in [1.29, 1.82) is 0 Å². The highest BCUT2D eigenvalue weighted by molar-refractivity contribution is 4.57. The molecule has 0 bridgehead atoms. The van der Waals surface area contributed by atoms with E-state index in [0.717, 1.165) is 26.2 Å². The topological polar surface area (TPSA) is 18.5 Å². The first-order chi connectivity index (χ1) is 5.06. The zero-order valence-electron chi connectivity index (χ0n) is 8.14. The van der Waals surface area contributed by atoms with E-state index in [1.165, 1.54) is 0 Å². The summed E-state index contributed by atoms with van der Waals surface area (Å²) in [5.41, 5.74) is -0.00772. The highest BCUT2D eigenvalue weighted by Crippen LogP contribution is 2.06. The molecule has 0 fully saturated rings.